The van der Waals surface area contributed by atoms with Gasteiger partial charge in [-0.2, -0.15) is 0 Å². The summed E-state index contributed by atoms with van der Waals surface area (Å²) in [6.07, 6.45) is 2.11. The molecule has 0 bridgehead atoms. The maximum absolute atomic E-state index is 11.4. The number of hydrogen-bond acceptors (Lipinski definition) is 5. The summed E-state index contributed by atoms with van der Waals surface area (Å²) >= 11 is 0. The molecule has 1 amide bonds. The normalized spacial score (nSPS) is 20.1. The molecule has 4 N–H and O–H groups in total. The second-order valence-electron chi connectivity index (χ2n) is 5.66. The molecule has 1 fully saturated rings. The molecule has 1 aromatic rings. The molecule has 3 rings (SSSR count). The Kier molecular flexibility index (Phi) is 3.88. The summed E-state index contributed by atoms with van der Waals surface area (Å²) < 4.78 is 10.8. The van der Waals surface area contributed by atoms with Crippen LogP contribution in [0.5, 0.6) is 5.75 Å². The topological polar surface area (TPSA) is 85.6 Å². The predicted molar refractivity (Wildman–Crippen MR) is 81.6 cm³/mol. The van der Waals surface area contributed by atoms with Gasteiger partial charge in [0.1, 0.15) is 5.75 Å². The van der Waals surface area contributed by atoms with Crippen LogP contribution in [0.15, 0.2) is 12.1 Å². The molecule has 2 aliphatic rings. The van der Waals surface area contributed by atoms with E-state index in [1.54, 1.807) is 6.07 Å². The van der Waals surface area contributed by atoms with Gasteiger partial charge in [0, 0.05) is 25.3 Å². The molecule has 0 spiro atoms. The second kappa shape index (κ2) is 5.81. The maximum Gasteiger partial charge on any atom is 0.262 e. The molecule has 0 saturated carbocycles. The smallest absolute Gasteiger partial charge is 0.262 e. The van der Waals surface area contributed by atoms with Crippen molar-refractivity contribution in [1.29, 1.82) is 0 Å². The predicted octanol–water partition coefficient (Wildman–Crippen LogP) is 1.83. The number of fused-ring (bicyclic) bond motifs is 1. The van der Waals surface area contributed by atoms with Gasteiger partial charge in [0.2, 0.25) is 0 Å². The highest BCUT2D eigenvalue weighted by Crippen LogP contribution is 2.36. The number of nitrogens with two attached hydrogens (primary N) is 1. The number of carbonyl (C=O) groups excluding carboxylic acids is 1. The average molecular weight is 291 g/mol. The van der Waals surface area contributed by atoms with Crippen molar-refractivity contribution in [3.05, 3.63) is 12.1 Å². The van der Waals surface area contributed by atoms with E-state index >= 15 is 0 Å². The van der Waals surface area contributed by atoms with Crippen molar-refractivity contribution in [3.8, 4) is 5.75 Å². The highest BCUT2D eigenvalue weighted by Gasteiger charge is 2.22. The standard InChI is InChI=1S/C15H21N3O3/c1-9(10-2-4-20-5-3-10)17-12-7-13-14(6-11(12)16)21-8-15(19)18-13/h6-7,9-10,17H,2-5,8,16H2,1H3,(H,18,19). The quantitative estimate of drug-likeness (QED) is 0.740. The van der Waals surface area contributed by atoms with Crippen LogP contribution >= 0.6 is 0 Å². The van der Waals surface area contributed by atoms with Crippen LogP contribution in [0.1, 0.15) is 19.8 Å². The van der Waals surface area contributed by atoms with Gasteiger partial charge in [-0.15, -0.1) is 0 Å². The molecule has 0 radical (unpaired) electrons. The number of nitrogen functional groups attached to an aromatic ring is 1. The molecule has 2 heterocycles. The largest absolute Gasteiger partial charge is 0.482 e. The van der Waals surface area contributed by atoms with E-state index in [0.717, 1.165) is 31.7 Å². The van der Waals surface area contributed by atoms with E-state index in [-0.39, 0.29) is 12.5 Å². The summed E-state index contributed by atoms with van der Waals surface area (Å²) in [7, 11) is 0. The molecular formula is C15H21N3O3. The first-order valence-electron chi connectivity index (χ1n) is 7.34. The third kappa shape index (κ3) is 3.05. The number of nitrogens with one attached hydrogen (secondary N) is 2. The zero-order chi connectivity index (χ0) is 14.8. The van der Waals surface area contributed by atoms with Gasteiger partial charge in [-0.3, -0.25) is 4.79 Å². The van der Waals surface area contributed by atoms with E-state index in [2.05, 4.69) is 17.6 Å². The van der Waals surface area contributed by atoms with Crippen molar-refractivity contribution in [2.75, 3.05) is 36.2 Å². The summed E-state index contributed by atoms with van der Waals surface area (Å²) in [6, 6.07) is 3.90. The molecule has 1 atom stereocenters. The molecule has 21 heavy (non-hydrogen) atoms. The molecule has 2 aliphatic heterocycles. The van der Waals surface area contributed by atoms with Gasteiger partial charge in [-0.1, -0.05) is 0 Å². The molecule has 1 aromatic carbocycles. The van der Waals surface area contributed by atoms with Gasteiger partial charge in [0.15, 0.2) is 6.61 Å². The number of carbonyl (C=O) groups is 1. The van der Waals surface area contributed by atoms with Crippen LogP contribution in [-0.2, 0) is 9.53 Å². The van der Waals surface area contributed by atoms with Crippen molar-refractivity contribution in [2.45, 2.75) is 25.8 Å². The van der Waals surface area contributed by atoms with Gasteiger partial charge in [-0.05, 0) is 31.7 Å². The van der Waals surface area contributed by atoms with Crippen molar-refractivity contribution in [3.63, 3.8) is 0 Å². The van der Waals surface area contributed by atoms with Crippen molar-refractivity contribution in [2.24, 2.45) is 5.92 Å². The number of benzene rings is 1. The summed E-state index contributed by atoms with van der Waals surface area (Å²) in [5.41, 5.74) is 8.21. The number of rotatable bonds is 3. The zero-order valence-corrected chi connectivity index (χ0v) is 12.1. The van der Waals surface area contributed by atoms with Crippen LogP contribution in [0.25, 0.3) is 0 Å². The molecule has 6 nitrogen and oxygen atoms in total. The Morgan fingerprint density at radius 3 is 2.90 bits per heavy atom. The van der Waals surface area contributed by atoms with Crippen molar-refractivity contribution in [1.82, 2.24) is 0 Å². The lowest BCUT2D eigenvalue weighted by molar-refractivity contribution is -0.118. The third-order valence-corrected chi connectivity index (χ3v) is 4.14. The molecule has 1 saturated heterocycles. The lowest BCUT2D eigenvalue weighted by Crippen LogP contribution is -2.31. The minimum atomic E-state index is -0.143. The van der Waals surface area contributed by atoms with Crippen molar-refractivity contribution >= 4 is 23.0 Å². The Morgan fingerprint density at radius 1 is 1.38 bits per heavy atom. The fourth-order valence-electron chi connectivity index (χ4n) is 2.85. The molecule has 0 aromatic heterocycles. The SMILES string of the molecule is CC(Nc1cc2c(cc1N)OCC(=O)N2)C1CCOCC1. The van der Waals surface area contributed by atoms with Gasteiger partial charge in [0.25, 0.3) is 5.91 Å². The van der Waals surface area contributed by atoms with Gasteiger partial charge in [-0.25, -0.2) is 0 Å². The lowest BCUT2D eigenvalue weighted by atomic mass is 9.92. The van der Waals surface area contributed by atoms with E-state index < -0.39 is 0 Å². The number of hydrogen-bond donors (Lipinski definition) is 3. The summed E-state index contributed by atoms with van der Waals surface area (Å²) in [6.45, 7) is 3.84. The van der Waals surface area contributed by atoms with Crippen LogP contribution in [-0.4, -0.2) is 31.8 Å². The van der Waals surface area contributed by atoms with E-state index in [9.17, 15) is 4.79 Å². The second-order valence-corrected chi connectivity index (χ2v) is 5.66. The van der Waals surface area contributed by atoms with Gasteiger partial charge >= 0.3 is 0 Å². The third-order valence-electron chi connectivity index (χ3n) is 4.14. The maximum atomic E-state index is 11.4. The van der Waals surface area contributed by atoms with Crippen LogP contribution in [0, 0.1) is 5.92 Å². The first kappa shape index (κ1) is 14.0. The summed E-state index contributed by atoms with van der Waals surface area (Å²) in [4.78, 5) is 11.4. The molecule has 0 aliphatic carbocycles. The lowest BCUT2D eigenvalue weighted by Gasteiger charge is -2.30. The Hall–Kier alpha value is -1.95. The first-order valence-corrected chi connectivity index (χ1v) is 7.34. The van der Waals surface area contributed by atoms with Gasteiger partial charge < -0.3 is 25.8 Å². The van der Waals surface area contributed by atoms with Crippen LogP contribution in [0.3, 0.4) is 0 Å². The van der Waals surface area contributed by atoms with E-state index in [0.29, 0.717) is 29.1 Å². The first-order chi connectivity index (χ1) is 10.1. The number of amides is 1. The minimum absolute atomic E-state index is 0.0394. The van der Waals surface area contributed by atoms with E-state index in [1.165, 1.54) is 0 Å². The van der Waals surface area contributed by atoms with E-state index in [1.807, 2.05) is 6.07 Å². The van der Waals surface area contributed by atoms with Gasteiger partial charge in [0.05, 0.1) is 17.1 Å². The van der Waals surface area contributed by atoms with Crippen LogP contribution in [0.4, 0.5) is 17.1 Å². The molecule has 1 unspecified atom stereocenters. The zero-order valence-electron chi connectivity index (χ0n) is 12.1. The summed E-state index contributed by atoms with van der Waals surface area (Å²) in [5, 5.41) is 6.26. The molecule has 6 heteroatoms. The van der Waals surface area contributed by atoms with Crippen molar-refractivity contribution < 1.29 is 14.3 Å². The molecular weight excluding hydrogens is 270 g/mol. The van der Waals surface area contributed by atoms with E-state index in [4.69, 9.17) is 15.2 Å². The number of anilines is 3. The monoisotopic (exact) mass is 291 g/mol. The Labute approximate surface area is 124 Å². The van der Waals surface area contributed by atoms with Crippen LogP contribution in [0.2, 0.25) is 0 Å². The Morgan fingerprint density at radius 2 is 2.14 bits per heavy atom. The highest BCUT2D eigenvalue weighted by molar-refractivity contribution is 5.97. The average Bonchev–Trinajstić information content (AvgIpc) is 2.49. The van der Waals surface area contributed by atoms with Crippen LogP contribution < -0.4 is 21.1 Å². The Balaban J connectivity index is 1.75. The summed E-state index contributed by atoms with van der Waals surface area (Å²) in [5.74, 6) is 1.05. The molecule has 114 valence electrons. The minimum Gasteiger partial charge on any atom is -0.482 e. The Bertz CT molecular complexity index is 541. The number of ether oxygens (including phenoxy) is 2. The fourth-order valence-corrected chi connectivity index (χ4v) is 2.85. The highest BCUT2D eigenvalue weighted by atomic mass is 16.5. The fraction of sp³-hybridized carbons (Fsp3) is 0.533.